The van der Waals surface area contributed by atoms with Crippen LogP contribution in [0.1, 0.15) is 6.92 Å². The van der Waals surface area contributed by atoms with Crippen LogP contribution in [-0.4, -0.2) is 20.3 Å². The smallest absolute Gasteiger partial charge is 0.135 e. The molecule has 0 aromatic heterocycles. The van der Waals surface area contributed by atoms with Crippen molar-refractivity contribution in [1.82, 2.24) is 0 Å². The van der Waals surface area contributed by atoms with E-state index in [9.17, 15) is 0 Å². The van der Waals surface area contributed by atoms with Gasteiger partial charge in [0.05, 0.1) is 14.1 Å². The zero-order valence-corrected chi connectivity index (χ0v) is 4.65. The third-order valence-corrected chi connectivity index (χ3v) is 0.911. The highest BCUT2D eigenvalue weighted by atomic mass is 15.2. The van der Waals surface area contributed by atoms with Gasteiger partial charge in [0, 0.05) is 6.92 Å². The van der Waals surface area contributed by atoms with E-state index in [0.717, 1.165) is 0 Å². The molecule has 3 N–H and O–H groups in total. The molecule has 2 heteroatoms. The molecule has 2 nitrogen and oxygen atoms in total. The Balaban J connectivity index is 2.99. The molecule has 0 spiro atoms. The molecule has 6 heavy (non-hydrogen) atoms. The van der Waals surface area contributed by atoms with Gasteiger partial charge in [-0.15, -0.1) is 0 Å². The monoisotopic (exact) mass is 89.1 g/mol. The van der Waals surface area contributed by atoms with Gasteiger partial charge in [-0.25, -0.2) is 0 Å². The minimum Gasteiger partial charge on any atom is -0.325 e. The Morgan fingerprint density at radius 1 is 1.50 bits per heavy atom. The molecule has 0 aliphatic rings. The number of rotatable bonds is 1. The molecule has 1 atom stereocenters. The van der Waals surface area contributed by atoms with Crippen LogP contribution in [-0.2, 0) is 0 Å². The molecular weight excluding hydrogens is 76.1 g/mol. The Morgan fingerprint density at radius 2 is 1.67 bits per heavy atom. The molecule has 0 aliphatic carbocycles. The molecule has 0 heterocycles. The fourth-order valence-corrected chi connectivity index (χ4v) is 0. The first-order valence-electron chi connectivity index (χ1n) is 2.20. The summed E-state index contributed by atoms with van der Waals surface area (Å²) in [4.78, 5) is 1.29. The van der Waals surface area contributed by atoms with Crippen LogP contribution < -0.4 is 10.6 Å². The highest BCUT2D eigenvalue weighted by molar-refractivity contribution is 4.20. The average molecular weight is 89.2 g/mol. The van der Waals surface area contributed by atoms with Crippen LogP contribution in [0.4, 0.5) is 0 Å². The van der Waals surface area contributed by atoms with E-state index in [1.807, 2.05) is 21.0 Å². The minimum atomic E-state index is 0.269. The lowest BCUT2D eigenvalue weighted by atomic mass is 10.6. The van der Waals surface area contributed by atoms with E-state index in [1.165, 1.54) is 4.90 Å². The van der Waals surface area contributed by atoms with E-state index >= 15 is 0 Å². The summed E-state index contributed by atoms with van der Waals surface area (Å²) >= 11 is 0. The van der Waals surface area contributed by atoms with Crippen LogP contribution in [0.3, 0.4) is 0 Å². The fraction of sp³-hybridized carbons (Fsp3) is 1.00. The first kappa shape index (κ1) is 5.92. The summed E-state index contributed by atoms with van der Waals surface area (Å²) in [6.07, 6.45) is 0.269. The van der Waals surface area contributed by atoms with E-state index in [2.05, 4.69) is 0 Å². The maximum Gasteiger partial charge on any atom is 0.135 e. The van der Waals surface area contributed by atoms with E-state index in [1.54, 1.807) is 0 Å². The fourth-order valence-electron chi connectivity index (χ4n) is 0. The van der Waals surface area contributed by atoms with E-state index in [4.69, 9.17) is 5.73 Å². The molecule has 38 valence electrons. The van der Waals surface area contributed by atoms with Gasteiger partial charge in [0.15, 0.2) is 0 Å². The molecule has 0 aromatic carbocycles. The number of hydrogen-bond acceptors (Lipinski definition) is 1. The van der Waals surface area contributed by atoms with Gasteiger partial charge in [-0.3, -0.25) is 5.73 Å². The normalized spacial score (nSPS) is 15.5. The third-order valence-electron chi connectivity index (χ3n) is 0.911. The molecule has 0 amide bonds. The SMILES string of the molecule is CC(N)[NH+](C)C. The lowest BCUT2D eigenvalue weighted by Gasteiger charge is -2.09. The quantitative estimate of drug-likeness (QED) is 0.374. The summed E-state index contributed by atoms with van der Waals surface area (Å²) in [5.41, 5.74) is 5.40. The first-order valence-corrected chi connectivity index (χ1v) is 2.20. The largest absolute Gasteiger partial charge is 0.325 e. The Morgan fingerprint density at radius 3 is 1.67 bits per heavy atom. The second-order valence-electron chi connectivity index (χ2n) is 1.87. The van der Waals surface area contributed by atoms with Crippen molar-refractivity contribution in [3.63, 3.8) is 0 Å². The summed E-state index contributed by atoms with van der Waals surface area (Å²) in [6.45, 7) is 1.98. The topological polar surface area (TPSA) is 30.5 Å². The molecule has 0 radical (unpaired) electrons. The van der Waals surface area contributed by atoms with E-state index < -0.39 is 0 Å². The van der Waals surface area contributed by atoms with Crippen molar-refractivity contribution in [3.05, 3.63) is 0 Å². The van der Waals surface area contributed by atoms with Gasteiger partial charge in [0.25, 0.3) is 0 Å². The number of hydrogen-bond donors (Lipinski definition) is 2. The van der Waals surface area contributed by atoms with Crippen molar-refractivity contribution in [3.8, 4) is 0 Å². The average Bonchev–Trinajstić information content (AvgIpc) is 1.36. The zero-order valence-electron chi connectivity index (χ0n) is 4.65. The molecule has 0 aliphatic heterocycles. The van der Waals surface area contributed by atoms with Gasteiger partial charge >= 0.3 is 0 Å². The van der Waals surface area contributed by atoms with Crippen molar-refractivity contribution < 1.29 is 4.90 Å². The minimum absolute atomic E-state index is 0.269. The molecular formula is C4H13N2+. The second kappa shape index (κ2) is 2.16. The number of nitrogens with one attached hydrogen (secondary N) is 1. The summed E-state index contributed by atoms with van der Waals surface area (Å²) < 4.78 is 0. The molecule has 0 fully saturated rings. The number of nitrogens with two attached hydrogens (primary N) is 1. The van der Waals surface area contributed by atoms with E-state index in [-0.39, 0.29) is 6.17 Å². The standard InChI is InChI=1S/C4H12N2/c1-4(5)6(2)3/h4H,5H2,1-3H3/p+1. The molecule has 0 rings (SSSR count). The predicted octanol–water partition coefficient (Wildman–Crippen LogP) is -1.56. The van der Waals surface area contributed by atoms with Crippen LogP contribution in [0.25, 0.3) is 0 Å². The van der Waals surface area contributed by atoms with Crippen molar-refractivity contribution in [2.45, 2.75) is 13.1 Å². The van der Waals surface area contributed by atoms with Crippen molar-refractivity contribution in [2.75, 3.05) is 14.1 Å². The second-order valence-corrected chi connectivity index (χ2v) is 1.87. The van der Waals surface area contributed by atoms with Crippen LogP contribution in [0, 0.1) is 0 Å². The van der Waals surface area contributed by atoms with Gasteiger partial charge in [-0.1, -0.05) is 0 Å². The lowest BCUT2D eigenvalue weighted by Crippen LogP contribution is -3.11. The van der Waals surface area contributed by atoms with Crippen molar-refractivity contribution in [2.24, 2.45) is 5.73 Å². The highest BCUT2D eigenvalue weighted by Crippen LogP contribution is 1.44. The zero-order chi connectivity index (χ0) is 5.15. The van der Waals surface area contributed by atoms with Crippen LogP contribution in [0.2, 0.25) is 0 Å². The summed E-state index contributed by atoms with van der Waals surface area (Å²) in [5, 5.41) is 0. The van der Waals surface area contributed by atoms with Crippen LogP contribution in [0.5, 0.6) is 0 Å². The van der Waals surface area contributed by atoms with Crippen LogP contribution >= 0.6 is 0 Å². The van der Waals surface area contributed by atoms with Crippen LogP contribution in [0.15, 0.2) is 0 Å². The molecule has 0 aromatic rings. The summed E-state index contributed by atoms with van der Waals surface area (Å²) in [7, 11) is 4.06. The molecule has 0 saturated heterocycles. The van der Waals surface area contributed by atoms with Crippen molar-refractivity contribution >= 4 is 0 Å². The van der Waals surface area contributed by atoms with Gasteiger partial charge in [0.1, 0.15) is 6.17 Å². The highest BCUT2D eigenvalue weighted by Gasteiger charge is 1.94. The number of quaternary nitrogens is 1. The Kier molecular flexibility index (Phi) is 2.13. The maximum atomic E-state index is 5.40. The summed E-state index contributed by atoms with van der Waals surface area (Å²) in [5.74, 6) is 0. The third kappa shape index (κ3) is 2.18. The molecule has 0 bridgehead atoms. The Bertz CT molecular complexity index is 26.5. The molecule has 1 unspecified atom stereocenters. The van der Waals surface area contributed by atoms with Gasteiger partial charge in [0.2, 0.25) is 0 Å². The predicted molar refractivity (Wildman–Crippen MR) is 26.5 cm³/mol. The van der Waals surface area contributed by atoms with Gasteiger partial charge in [-0.2, -0.15) is 0 Å². The lowest BCUT2D eigenvalue weighted by molar-refractivity contribution is -0.883. The van der Waals surface area contributed by atoms with Gasteiger partial charge < -0.3 is 4.90 Å². The van der Waals surface area contributed by atoms with Crippen molar-refractivity contribution in [1.29, 1.82) is 0 Å². The van der Waals surface area contributed by atoms with E-state index in [0.29, 0.717) is 0 Å². The Hall–Kier alpha value is -0.0800. The summed E-state index contributed by atoms with van der Waals surface area (Å²) in [6, 6.07) is 0. The first-order chi connectivity index (χ1) is 2.64. The maximum absolute atomic E-state index is 5.40. The van der Waals surface area contributed by atoms with Gasteiger partial charge in [-0.05, 0) is 0 Å². The molecule has 0 saturated carbocycles. The Labute approximate surface area is 38.9 Å².